The van der Waals surface area contributed by atoms with Crippen LogP contribution in [0.15, 0.2) is 18.2 Å². The molecule has 112 valence electrons. The van der Waals surface area contributed by atoms with E-state index in [1.165, 1.54) is 0 Å². The first-order valence-electron chi connectivity index (χ1n) is 7.15. The molecule has 0 unspecified atom stereocenters. The van der Waals surface area contributed by atoms with Gasteiger partial charge in [-0.2, -0.15) is 0 Å². The summed E-state index contributed by atoms with van der Waals surface area (Å²) in [7, 11) is 2.10. The van der Waals surface area contributed by atoms with Crippen molar-refractivity contribution in [1.82, 2.24) is 14.8 Å². The van der Waals surface area contributed by atoms with Crippen LogP contribution < -0.4 is 0 Å². The Labute approximate surface area is 125 Å². The second kappa shape index (κ2) is 7.89. The Hall–Kier alpha value is -1.74. The highest BCUT2D eigenvalue weighted by Gasteiger charge is 2.15. The predicted molar refractivity (Wildman–Crippen MR) is 80.6 cm³/mol. The lowest BCUT2D eigenvalue weighted by Gasteiger charge is -2.31. The van der Waals surface area contributed by atoms with Gasteiger partial charge in [0.25, 0.3) is 0 Å². The molecule has 0 radical (unpaired) electrons. The molecule has 5 nitrogen and oxygen atoms in total. The van der Waals surface area contributed by atoms with Crippen LogP contribution in [0.25, 0.3) is 0 Å². The molecule has 2 heterocycles. The van der Waals surface area contributed by atoms with Gasteiger partial charge in [-0.25, -0.2) is 4.98 Å². The average Bonchev–Trinajstić information content (AvgIpc) is 2.50. The maximum absolute atomic E-state index is 11.9. The number of aliphatic hydroxyl groups excluding tert-OH is 1. The van der Waals surface area contributed by atoms with Crippen LogP contribution in [-0.2, 0) is 11.4 Å². The van der Waals surface area contributed by atoms with Crippen LogP contribution in [0, 0.1) is 11.8 Å². The number of likely N-dealkylation sites (N-methyl/N-ethyl adjacent to an activating group) is 1. The van der Waals surface area contributed by atoms with Gasteiger partial charge in [0.15, 0.2) is 5.78 Å². The van der Waals surface area contributed by atoms with E-state index in [-0.39, 0.29) is 18.8 Å². The number of ketones is 1. The fourth-order valence-electron chi connectivity index (χ4n) is 2.18. The highest BCUT2D eigenvalue weighted by atomic mass is 16.3. The second-order valence-corrected chi connectivity index (χ2v) is 5.27. The van der Waals surface area contributed by atoms with Crippen LogP contribution in [-0.4, -0.2) is 65.4 Å². The Morgan fingerprint density at radius 3 is 2.81 bits per heavy atom. The van der Waals surface area contributed by atoms with Crippen LogP contribution in [0.2, 0.25) is 0 Å². The van der Waals surface area contributed by atoms with Crippen molar-refractivity contribution in [2.75, 3.05) is 39.8 Å². The Balaban J connectivity index is 1.80. The molecule has 1 aromatic heterocycles. The highest BCUT2D eigenvalue weighted by molar-refractivity contribution is 5.82. The molecule has 1 aliphatic heterocycles. The van der Waals surface area contributed by atoms with Crippen LogP contribution >= 0.6 is 0 Å². The summed E-state index contributed by atoms with van der Waals surface area (Å²) < 4.78 is 0. The van der Waals surface area contributed by atoms with E-state index in [1.54, 1.807) is 18.2 Å². The molecular formula is C16H21N3O2. The first-order valence-corrected chi connectivity index (χ1v) is 7.15. The lowest BCUT2D eigenvalue weighted by molar-refractivity contribution is -0.119. The first kappa shape index (κ1) is 15.6. The van der Waals surface area contributed by atoms with E-state index in [9.17, 15) is 4.79 Å². The van der Waals surface area contributed by atoms with Gasteiger partial charge in [-0.3, -0.25) is 9.69 Å². The van der Waals surface area contributed by atoms with E-state index in [4.69, 9.17) is 5.11 Å². The van der Waals surface area contributed by atoms with Crippen LogP contribution in [0.3, 0.4) is 0 Å². The van der Waals surface area contributed by atoms with Crippen LogP contribution in [0.1, 0.15) is 17.8 Å². The summed E-state index contributed by atoms with van der Waals surface area (Å²) in [5, 5.41) is 9.00. The number of Topliss-reactive ketones (excluding diaryl/α,β-unsaturated/α-hetero) is 1. The number of nitrogens with zero attached hydrogens (tertiary/aromatic N) is 3. The molecule has 1 aromatic rings. The zero-order chi connectivity index (χ0) is 15.1. The van der Waals surface area contributed by atoms with Gasteiger partial charge in [-0.15, -0.1) is 0 Å². The summed E-state index contributed by atoms with van der Waals surface area (Å²) in [6.45, 7) is 4.28. The van der Waals surface area contributed by atoms with Gasteiger partial charge in [0.2, 0.25) is 0 Å². The van der Waals surface area contributed by atoms with Gasteiger partial charge < -0.3 is 10.0 Å². The van der Waals surface area contributed by atoms with Crippen molar-refractivity contribution in [2.24, 2.45) is 0 Å². The van der Waals surface area contributed by atoms with Gasteiger partial charge >= 0.3 is 0 Å². The predicted octanol–water partition coefficient (Wildman–Crippen LogP) is 0.132. The third-order valence-electron chi connectivity index (χ3n) is 3.47. The van der Waals surface area contributed by atoms with Crippen molar-refractivity contribution in [3.05, 3.63) is 29.6 Å². The van der Waals surface area contributed by atoms with E-state index in [0.717, 1.165) is 26.2 Å². The third-order valence-corrected chi connectivity index (χ3v) is 3.47. The molecule has 0 spiro atoms. The molecule has 21 heavy (non-hydrogen) atoms. The average molecular weight is 287 g/mol. The SMILES string of the molecule is CN1CCN(CC(=O)CC#Cc2cccc(CO)n2)CC1. The summed E-state index contributed by atoms with van der Waals surface area (Å²) in [4.78, 5) is 20.5. The number of hydrogen-bond donors (Lipinski definition) is 1. The number of aromatic nitrogens is 1. The topological polar surface area (TPSA) is 56.7 Å². The zero-order valence-corrected chi connectivity index (χ0v) is 12.4. The molecule has 1 fully saturated rings. The van der Waals surface area contributed by atoms with Crippen molar-refractivity contribution >= 4 is 5.78 Å². The van der Waals surface area contributed by atoms with Crippen LogP contribution in [0.5, 0.6) is 0 Å². The minimum Gasteiger partial charge on any atom is -0.390 e. The number of aliphatic hydroxyl groups is 1. The highest BCUT2D eigenvalue weighted by Crippen LogP contribution is 2.00. The Bertz CT molecular complexity index is 540. The molecule has 0 amide bonds. The molecule has 1 N–H and O–H groups in total. The smallest absolute Gasteiger partial charge is 0.158 e. The standard InChI is InChI=1S/C16H21N3O2/c1-18-8-10-19(11-9-18)12-16(21)7-3-5-14-4-2-6-15(13-20)17-14/h2,4,6,20H,7-13H2,1H3. The number of piperazine rings is 1. The fraction of sp³-hybridized carbons (Fsp3) is 0.500. The van der Waals surface area contributed by atoms with E-state index in [2.05, 4.69) is 33.7 Å². The lowest BCUT2D eigenvalue weighted by atomic mass is 10.2. The van der Waals surface area contributed by atoms with E-state index in [1.807, 2.05) is 0 Å². The van der Waals surface area contributed by atoms with Crippen molar-refractivity contribution in [1.29, 1.82) is 0 Å². The quantitative estimate of drug-likeness (QED) is 0.798. The Kier molecular flexibility index (Phi) is 5.88. The second-order valence-electron chi connectivity index (χ2n) is 5.27. The summed E-state index contributed by atoms with van der Waals surface area (Å²) in [5.41, 5.74) is 1.18. The molecule has 1 aliphatic rings. The molecule has 1 saturated heterocycles. The summed E-state index contributed by atoms with van der Waals surface area (Å²) >= 11 is 0. The van der Waals surface area contributed by atoms with Gasteiger partial charge in [0, 0.05) is 26.2 Å². The number of pyridine rings is 1. The van der Waals surface area contributed by atoms with E-state index >= 15 is 0 Å². The summed E-state index contributed by atoms with van der Waals surface area (Å²) in [6.07, 6.45) is 0.247. The van der Waals surface area contributed by atoms with Crippen molar-refractivity contribution in [3.8, 4) is 11.8 Å². The molecule has 5 heteroatoms. The number of hydrogen-bond acceptors (Lipinski definition) is 5. The van der Waals surface area contributed by atoms with Gasteiger partial charge in [0.1, 0.15) is 5.69 Å². The molecule has 0 aliphatic carbocycles. The third kappa shape index (κ3) is 5.27. The molecule has 0 atom stereocenters. The van der Waals surface area contributed by atoms with Crippen molar-refractivity contribution in [3.63, 3.8) is 0 Å². The normalized spacial score (nSPS) is 16.3. The Morgan fingerprint density at radius 1 is 1.33 bits per heavy atom. The lowest BCUT2D eigenvalue weighted by Crippen LogP contribution is -2.46. The van der Waals surface area contributed by atoms with Crippen LogP contribution in [0.4, 0.5) is 0 Å². The number of rotatable bonds is 4. The first-order chi connectivity index (χ1) is 10.2. The number of carbonyl (C=O) groups is 1. The van der Waals surface area contributed by atoms with Crippen molar-refractivity contribution in [2.45, 2.75) is 13.0 Å². The largest absolute Gasteiger partial charge is 0.390 e. The molecule has 0 saturated carbocycles. The minimum absolute atomic E-state index is 0.0993. The molecular weight excluding hydrogens is 266 g/mol. The Morgan fingerprint density at radius 2 is 2.10 bits per heavy atom. The molecule has 0 aromatic carbocycles. The monoisotopic (exact) mass is 287 g/mol. The van der Waals surface area contributed by atoms with Gasteiger partial charge in [0.05, 0.1) is 25.3 Å². The molecule has 0 bridgehead atoms. The summed E-state index contributed by atoms with van der Waals surface area (Å²) in [5.74, 6) is 5.89. The fourth-order valence-corrected chi connectivity index (χ4v) is 2.18. The van der Waals surface area contributed by atoms with E-state index in [0.29, 0.717) is 17.9 Å². The van der Waals surface area contributed by atoms with Gasteiger partial charge in [-0.05, 0) is 25.1 Å². The zero-order valence-electron chi connectivity index (χ0n) is 12.4. The van der Waals surface area contributed by atoms with E-state index < -0.39 is 0 Å². The minimum atomic E-state index is -0.0993. The summed E-state index contributed by atoms with van der Waals surface area (Å²) in [6, 6.07) is 5.31. The van der Waals surface area contributed by atoms with Gasteiger partial charge in [-0.1, -0.05) is 12.0 Å². The maximum atomic E-state index is 11.9. The van der Waals surface area contributed by atoms with Crippen molar-refractivity contribution < 1.29 is 9.90 Å². The number of carbonyl (C=O) groups excluding carboxylic acids is 1. The maximum Gasteiger partial charge on any atom is 0.158 e. The molecule has 2 rings (SSSR count).